The molecule has 2 rings (SSSR count). The molecule has 2 heterocycles. The van der Waals surface area contributed by atoms with Gasteiger partial charge < -0.3 is 15.0 Å². The molecule has 21 heavy (non-hydrogen) atoms. The second-order valence-electron chi connectivity index (χ2n) is 5.78. The Morgan fingerprint density at radius 3 is 2.95 bits per heavy atom. The molecule has 0 saturated carbocycles. The molecule has 0 radical (unpaired) electrons. The summed E-state index contributed by atoms with van der Waals surface area (Å²) in [5, 5.41) is 7.74. The van der Waals surface area contributed by atoms with Gasteiger partial charge in [0.25, 0.3) is 0 Å². The van der Waals surface area contributed by atoms with Crippen molar-refractivity contribution in [3.8, 4) is 0 Å². The number of rotatable bonds is 5. The zero-order valence-electron chi connectivity index (χ0n) is 13.4. The number of hydrogen-bond donors (Lipinski definition) is 1. The van der Waals surface area contributed by atoms with Gasteiger partial charge in [-0.3, -0.25) is 4.68 Å². The lowest BCUT2D eigenvalue weighted by atomic mass is 9.99. The molecule has 1 aromatic rings. The molecule has 0 aromatic carbocycles. The van der Waals surface area contributed by atoms with Crippen molar-refractivity contribution >= 4 is 5.97 Å². The van der Waals surface area contributed by atoms with Gasteiger partial charge >= 0.3 is 5.97 Å². The highest BCUT2D eigenvalue weighted by Crippen LogP contribution is 2.16. The normalized spacial score (nSPS) is 23.2. The maximum Gasteiger partial charge on any atom is 0.341 e. The van der Waals surface area contributed by atoms with E-state index in [-0.39, 0.29) is 5.97 Å². The summed E-state index contributed by atoms with van der Waals surface area (Å²) in [6.45, 7) is 6.20. The van der Waals surface area contributed by atoms with Crippen molar-refractivity contribution in [2.75, 3.05) is 20.2 Å². The Morgan fingerprint density at radius 1 is 1.52 bits per heavy atom. The van der Waals surface area contributed by atoms with E-state index < -0.39 is 0 Å². The van der Waals surface area contributed by atoms with Crippen LogP contribution in [-0.4, -0.2) is 52.9 Å². The Bertz CT molecular complexity index is 486. The predicted octanol–water partition coefficient (Wildman–Crippen LogP) is 1.17. The van der Waals surface area contributed by atoms with Gasteiger partial charge in [0.2, 0.25) is 0 Å². The molecular weight excluding hydrogens is 268 g/mol. The number of aromatic nitrogens is 2. The van der Waals surface area contributed by atoms with Crippen LogP contribution in [-0.2, 0) is 18.3 Å². The van der Waals surface area contributed by atoms with E-state index in [0.29, 0.717) is 30.8 Å². The van der Waals surface area contributed by atoms with Gasteiger partial charge in [0, 0.05) is 25.7 Å². The van der Waals surface area contributed by atoms with Crippen LogP contribution in [0.25, 0.3) is 0 Å². The molecule has 0 amide bonds. The predicted molar refractivity (Wildman–Crippen MR) is 81.1 cm³/mol. The van der Waals surface area contributed by atoms with Crippen molar-refractivity contribution in [1.29, 1.82) is 0 Å². The highest BCUT2D eigenvalue weighted by Gasteiger charge is 2.23. The minimum absolute atomic E-state index is 0.292. The summed E-state index contributed by atoms with van der Waals surface area (Å²) in [5.74, 6) is -0.292. The van der Waals surface area contributed by atoms with E-state index in [1.54, 1.807) is 10.9 Å². The third-order valence-electron chi connectivity index (χ3n) is 4.32. The molecule has 1 aliphatic heterocycles. The molecule has 0 spiro atoms. The van der Waals surface area contributed by atoms with Crippen LogP contribution in [0.5, 0.6) is 0 Å². The Morgan fingerprint density at radius 2 is 2.29 bits per heavy atom. The number of piperidine rings is 1. The highest BCUT2D eigenvalue weighted by molar-refractivity contribution is 5.90. The second kappa shape index (κ2) is 7.04. The van der Waals surface area contributed by atoms with Gasteiger partial charge in [-0.05, 0) is 40.3 Å². The summed E-state index contributed by atoms with van der Waals surface area (Å²) >= 11 is 0. The summed E-state index contributed by atoms with van der Waals surface area (Å²) in [7, 11) is 4.03. The molecule has 0 bridgehead atoms. The van der Waals surface area contributed by atoms with E-state index in [0.717, 1.165) is 25.1 Å². The Hall–Kier alpha value is -1.40. The molecule has 6 heteroatoms. The Labute approximate surface area is 126 Å². The van der Waals surface area contributed by atoms with E-state index in [9.17, 15) is 4.79 Å². The average Bonchev–Trinajstić information content (AvgIpc) is 2.82. The van der Waals surface area contributed by atoms with Crippen molar-refractivity contribution in [1.82, 2.24) is 20.0 Å². The van der Waals surface area contributed by atoms with Crippen LogP contribution in [0.3, 0.4) is 0 Å². The van der Waals surface area contributed by atoms with Gasteiger partial charge in [-0.1, -0.05) is 0 Å². The van der Waals surface area contributed by atoms with E-state index in [1.807, 2.05) is 14.0 Å². The van der Waals surface area contributed by atoms with Crippen LogP contribution < -0.4 is 5.32 Å². The van der Waals surface area contributed by atoms with Gasteiger partial charge in [-0.2, -0.15) is 5.10 Å². The molecule has 6 nitrogen and oxygen atoms in total. The van der Waals surface area contributed by atoms with Crippen LogP contribution in [0.2, 0.25) is 0 Å². The summed E-state index contributed by atoms with van der Waals surface area (Å²) in [6, 6.07) is 1.08. The van der Waals surface area contributed by atoms with Crippen molar-refractivity contribution in [2.24, 2.45) is 7.05 Å². The molecule has 1 aromatic heterocycles. The number of nitrogens with one attached hydrogen (secondary N) is 1. The smallest absolute Gasteiger partial charge is 0.341 e. The number of esters is 1. The number of carbonyl (C=O) groups is 1. The topological polar surface area (TPSA) is 59.4 Å². The third-order valence-corrected chi connectivity index (χ3v) is 4.32. The quantitative estimate of drug-likeness (QED) is 0.826. The van der Waals surface area contributed by atoms with Crippen LogP contribution in [0.1, 0.15) is 42.7 Å². The number of likely N-dealkylation sites (tertiary alicyclic amines) is 1. The minimum atomic E-state index is -0.292. The molecule has 0 aliphatic carbocycles. The van der Waals surface area contributed by atoms with E-state index in [4.69, 9.17) is 4.74 Å². The number of aryl methyl sites for hydroxylation is 1. The fourth-order valence-electron chi connectivity index (χ4n) is 2.77. The molecule has 118 valence electrons. The number of hydrogen-bond acceptors (Lipinski definition) is 5. The number of nitrogens with zero attached hydrogens (tertiary/aromatic N) is 3. The monoisotopic (exact) mass is 294 g/mol. The largest absolute Gasteiger partial charge is 0.462 e. The summed E-state index contributed by atoms with van der Waals surface area (Å²) in [5.41, 5.74) is 1.45. The fraction of sp³-hybridized carbons (Fsp3) is 0.733. The molecular formula is C15H26N4O2. The van der Waals surface area contributed by atoms with E-state index in [1.165, 1.54) is 0 Å². The zero-order valence-corrected chi connectivity index (χ0v) is 13.4. The summed E-state index contributed by atoms with van der Waals surface area (Å²) in [6.07, 6.45) is 3.85. The first-order chi connectivity index (χ1) is 10.0. The Kier molecular flexibility index (Phi) is 5.36. The lowest BCUT2D eigenvalue weighted by Gasteiger charge is -2.35. The summed E-state index contributed by atoms with van der Waals surface area (Å²) in [4.78, 5) is 14.3. The van der Waals surface area contributed by atoms with Gasteiger partial charge in [0.1, 0.15) is 5.56 Å². The second-order valence-corrected chi connectivity index (χ2v) is 5.78. The SMILES string of the molecule is CCOC(=O)c1cnn(C)c1CNC1CCN(C)C(C)C1. The zero-order chi connectivity index (χ0) is 15.4. The van der Waals surface area contributed by atoms with Crippen molar-refractivity contribution in [3.63, 3.8) is 0 Å². The Balaban J connectivity index is 1.97. The first kappa shape index (κ1) is 16.0. The summed E-state index contributed by atoms with van der Waals surface area (Å²) < 4.78 is 6.83. The number of ether oxygens (including phenoxy) is 1. The van der Waals surface area contributed by atoms with Crippen LogP contribution in [0.15, 0.2) is 6.20 Å². The average molecular weight is 294 g/mol. The van der Waals surface area contributed by atoms with Gasteiger partial charge in [-0.25, -0.2) is 4.79 Å². The number of carbonyl (C=O) groups excluding carboxylic acids is 1. The van der Waals surface area contributed by atoms with Crippen molar-refractivity contribution < 1.29 is 9.53 Å². The van der Waals surface area contributed by atoms with E-state index in [2.05, 4.69) is 29.3 Å². The lowest BCUT2D eigenvalue weighted by molar-refractivity contribution is 0.0524. The molecule has 1 fully saturated rings. The van der Waals surface area contributed by atoms with Gasteiger partial charge in [-0.15, -0.1) is 0 Å². The first-order valence-electron chi connectivity index (χ1n) is 7.64. The first-order valence-corrected chi connectivity index (χ1v) is 7.64. The van der Waals surface area contributed by atoms with Crippen LogP contribution in [0, 0.1) is 0 Å². The molecule has 2 atom stereocenters. The standard InChI is InChI=1S/C15H26N4O2/c1-5-21-15(20)13-9-17-19(4)14(13)10-16-12-6-7-18(3)11(2)8-12/h9,11-12,16H,5-8,10H2,1-4H3. The van der Waals surface area contributed by atoms with Gasteiger partial charge in [0.15, 0.2) is 0 Å². The maximum atomic E-state index is 11.9. The van der Waals surface area contributed by atoms with E-state index >= 15 is 0 Å². The molecule has 1 saturated heterocycles. The van der Waals surface area contributed by atoms with Crippen LogP contribution in [0.4, 0.5) is 0 Å². The van der Waals surface area contributed by atoms with Crippen molar-refractivity contribution in [2.45, 2.75) is 45.3 Å². The molecule has 1 N–H and O–H groups in total. The molecule has 1 aliphatic rings. The highest BCUT2D eigenvalue weighted by atomic mass is 16.5. The fourth-order valence-corrected chi connectivity index (χ4v) is 2.77. The lowest BCUT2D eigenvalue weighted by Crippen LogP contribution is -2.45. The molecule has 2 unspecified atom stereocenters. The third kappa shape index (κ3) is 3.83. The van der Waals surface area contributed by atoms with Crippen molar-refractivity contribution in [3.05, 3.63) is 17.5 Å². The van der Waals surface area contributed by atoms with Crippen LogP contribution >= 0.6 is 0 Å². The maximum absolute atomic E-state index is 11.9. The minimum Gasteiger partial charge on any atom is -0.462 e. The van der Waals surface area contributed by atoms with Gasteiger partial charge in [0.05, 0.1) is 18.5 Å².